The second-order valence-electron chi connectivity index (χ2n) is 2.06. The number of esters is 2. The first-order valence-electron chi connectivity index (χ1n) is 2.80. The van der Waals surface area contributed by atoms with Gasteiger partial charge in [-0.2, -0.15) is 0 Å². The number of rotatable bonds is 0. The second kappa shape index (κ2) is 2.24. The van der Waals surface area contributed by atoms with E-state index < -0.39 is 18.0 Å². The van der Waals surface area contributed by atoms with E-state index in [2.05, 4.69) is 4.74 Å². The van der Waals surface area contributed by atoms with Crippen molar-refractivity contribution in [1.29, 1.82) is 0 Å². The monoisotopic (exact) mass is 157 g/mol. The van der Waals surface area contributed by atoms with Crippen molar-refractivity contribution in [3.63, 3.8) is 0 Å². The van der Waals surface area contributed by atoms with Crippen molar-refractivity contribution in [3.05, 3.63) is 11.4 Å². The Labute approximate surface area is 62.0 Å². The predicted octanol–water partition coefficient (Wildman–Crippen LogP) is -2.47. The van der Waals surface area contributed by atoms with Gasteiger partial charge in [-0.3, -0.25) is 0 Å². The third-order valence-electron chi connectivity index (χ3n) is 1.29. The molecule has 1 rings (SSSR count). The molecule has 0 aliphatic carbocycles. The van der Waals surface area contributed by atoms with E-state index in [0.29, 0.717) is 0 Å². The lowest BCUT2D eigenvalue weighted by Crippen LogP contribution is -2.30. The Morgan fingerprint density at radius 2 is 1.91 bits per heavy atom. The van der Waals surface area contributed by atoms with Crippen molar-refractivity contribution >= 4 is 11.9 Å². The van der Waals surface area contributed by atoms with Gasteiger partial charge in [-0.1, -0.05) is 0 Å². The maximum absolute atomic E-state index is 10.7. The minimum absolute atomic E-state index is 0.157. The third-order valence-corrected chi connectivity index (χ3v) is 1.29. The minimum Gasteiger partial charge on any atom is -0.388 e. The van der Waals surface area contributed by atoms with Gasteiger partial charge in [0.25, 0.3) is 0 Å². The zero-order chi connectivity index (χ0) is 8.59. The lowest BCUT2D eigenvalue weighted by Gasteiger charge is -1.97. The standard InChI is InChI=1S/C5H7N3O3/c6-2-1(3(7)8)4(9)11-5(2)10/h2H,6-8H2. The van der Waals surface area contributed by atoms with Crippen LogP contribution >= 0.6 is 0 Å². The van der Waals surface area contributed by atoms with E-state index in [9.17, 15) is 9.59 Å². The molecule has 1 aliphatic heterocycles. The molecule has 6 nitrogen and oxygen atoms in total. The molecule has 1 aliphatic rings. The summed E-state index contributed by atoms with van der Waals surface area (Å²) in [7, 11) is 0. The molecule has 1 unspecified atom stereocenters. The van der Waals surface area contributed by atoms with Crippen LogP contribution in [0.2, 0.25) is 0 Å². The Hall–Kier alpha value is -1.56. The van der Waals surface area contributed by atoms with E-state index in [4.69, 9.17) is 17.2 Å². The summed E-state index contributed by atoms with van der Waals surface area (Å²) < 4.78 is 4.13. The Balaban J connectivity index is 3.08. The molecule has 1 heterocycles. The van der Waals surface area contributed by atoms with Crippen LogP contribution in [0.1, 0.15) is 0 Å². The molecule has 6 N–H and O–H groups in total. The maximum atomic E-state index is 10.7. The SMILES string of the molecule is NC(N)=C1C(=O)OC(=O)C1N. The fourth-order valence-corrected chi connectivity index (χ4v) is 0.752. The number of hydrogen-bond donors (Lipinski definition) is 3. The first-order valence-corrected chi connectivity index (χ1v) is 2.80. The van der Waals surface area contributed by atoms with Gasteiger partial charge in [0.1, 0.15) is 17.4 Å². The first-order chi connectivity index (χ1) is 5.04. The van der Waals surface area contributed by atoms with Crippen molar-refractivity contribution in [3.8, 4) is 0 Å². The molecule has 0 spiro atoms. The molecule has 0 aromatic rings. The van der Waals surface area contributed by atoms with Crippen LogP contribution in [0.15, 0.2) is 11.4 Å². The van der Waals surface area contributed by atoms with Crippen LogP contribution < -0.4 is 17.2 Å². The summed E-state index contributed by atoms with van der Waals surface area (Å²) >= 11 is 0. The van der Waals surface area contributed by atoms with Crippen LogP contribution in [0.4, 0.5) is 0 Å². The number of hydrogen-bond acceptors (Lipinski definition) is 6. The van der Waals surface area contributed by atoms with Gasteiger partial charge >= 0.3 is 11.9 Å². The third kappa shape index (κ3) is 1.03. The Kier molecular flexibility index (Phi) is 1.54. The molecule has 0 aromatic heterocycles. The summed E-state index contributed by atoms with van der Waals surface area (Å²) in [5.41, 5.74) is 15.2. The summed E-state index contributed by atoms with van der Waals surface area (Å²) in [5, 5.41) is 0. The van der Waals surface area contributed by atoms with E-state index >= 15 is 0 Å². The zero-order valence-electron chi connectivity index (χ0n) is 5.53. The van der Waals surface area contributed by atoms with Crippen LogP contribution in [0.5, 0.6) is 0 Å². The van der Waals surface area contributed by atoms with E-state index in [1.165, 1.54) is 0 Å². The van der Waals surface area contributed by atoms with Gasteiger partial charge in [-0.15, -0.1) is 0 Å². The molecule has 60 valence electrons. The molecule has 0 amide bonds. The molecule has 0 bridgehead atoms. The van der Waals surface area contributed by atoms with Crippen LogP contribution in [-0.2, 0) is 14.3 Å². The van der Waals surface area contributed by atoms with E-state index in [0.717, 1.165) is 0 Å². The number of carbonyl (C=O) groups excluding carboxylic acids is 2. The molecule has 1 atom stereocenters. The van der Waals surface area contributed by atoms with Gasteiger partial charge in [0.15, 0.2) is 0 Å². The van der Waals surface area contributed by atoms with Gasteiger partial charge in [0, 0.05) is 0 Å². The number of ether oxygens (including phenoxy) is 1. The molecule has 0 radical (unpaired) electrons. The van der Waals surface area contributed by atoms with Crippen LogP contribution in [0.3, 0.4) is 0 Å². The normalized spacial score (nSPS) is 23.7. The highest BCUT2D eigenvalue weighted by atomic mass is 16.6. The fourth-order valence-electron chi connectivity index (χ4n) is 0.752. The van der Waals surface area contributed by atoms with E-state index in [1.54, 1.807) is 0 Å². The highest BCUT2D eigenvalue weighted by Gasteiger charge is 2.38. The van der Waals surface area contributed by atoms with E-state index in [-0.39, 0.29) is 11.4 Å². The summed E-state index contributed by atoms with van der Waals surface area (Å²) in [6, 6.07) is -1.13. The summed E-state index contributed by atoms with van der Waals surface area (Å²) in [4.78, 5) is 21.3. The van der Waals surface area contributed by atoms with Crippen molar-refractivity contribution in [2.24, 2.45) is 17.2 Å². The average molecular weight is 157 g/mol. The van der Waals surface area contributed by atoms with Crippen LogP contribution in [0.25, 0.3) is 0 Å². The number of cyclic esters (lactones) is 2. The first kappa shape index (κ1) is 7.55. The molecular formula is C5H7N3O3. The highest BCUT2D eigenvalue weighted by molar-refractivity contribution is 6.09. The smallest absolute Gasteiger partial charge is 0.347 e. The zero-order valence-corrected chi connectivity index (χ0v) is 5.53. The number of nitrogens with two attached hydrogens (primary N) is 3. The quantitative estimate of drug-likeness (QED) is 0.203. The highest BCUT2D eigenvalue weighted by Crippen LogP contribution is 2.13. The average Bonchev–Trinajstić information content (AvgIpc) is 2.07. The summed E-state index contributed by atoms with van der Waals surface area (Å²) in [5.74, 6) is -1.95. The van der Waals surface area contributed by atoms with Crippen molar-refractivity contribution < 1.29 is 14.3 Å². The van der Waals surface area contributed by atoms with Gasteiger partial charge in [-0.25, -0.2) is 9.59 Å². The molecule has 0 saturated carbocycles. The Morgan fingerprint density at radius 1 is 1.36 bits per heavy atom. The molecule has 0 aromatic carbocycles. The van der Waals surface area contributed by atoms with Gasteiger partial charge < -0.3 is 21.9 Å². The van der Waals surface area contributed by atoms with Crippen molar-refractivity contribution in [2.45, 2.75) is 6.04 Å². The maximum Gasteiger partial charge on any atom is 0.347 e. The molecular weight excluding hydrogens is 150 g/mol. The summed E-state index contributed by atoms with van der Waals surface area (Å²) in [6.07, 6.45) is 0. The van der Waals surface area contributed by atoms with Crippen molar-refractivity contribution in [1.82, 2.24) is 0 Å². The molecule has 1 saturated heterocycles. The molecule has 1 fully saturated rings. The summed E-state index contributed by atoms with van der Waals surface area (Å²) in [6.45, 7) is 0. The Bertz CT molecular complexity index is 254. The Morgan fingerprint density at radius 3 is 2.09 bits per heavy atom. The van der Waals surface area contributed by atoms with Crippen molar-refractivity contribution in [2.75, 3.05) is 0 Å². The lowest BCUT2D eigenvalue weighted by molar-refractivity contribution is -0.151. The predicted molar refractivity (Wildman–Crippen MR) is 34.5 cm³/mol. The second-order valence-corrected chi connectivity index (χ2v) is 2.06. The van der Waals surface area contributed by atoms with Gasteiger partial charge in [0.05, 0.1) is 0 Å². The topological polar surface area (TPSA) is 121 Å². The van der Waals surface area contributed by atoms with Gasteiger partial charge in [0.2, 0.25) is 0 Å². The van der Waals surface area contributed by atoms with E-state index in [1.807, 2.05) is 0 Å². The van der Waals surface area contributed by atoms with Gasteiger partial charge in [-0.05, 0) is 0 Å². The number of carbonyl (C=O) groups is 2. The van der Waals surface area contributed by atoms with Crippen LogP contribution in [0, 0.1) is 0 Å². The minimum atomic E-state index is -1.13. The fraction of sp³-hybridized carbons (Fsp3) is 0.200. The molecule has 11 heavy (non-hydrogen) atoms. The largest absolute Gasteiger partial charge is 0.388 e. The molecule has 6 heteroatoms. The lowest BCUT2D eigenvalue weighted by atomic mass is 10.1. The van der Waals surface area contributed by atoms with Crippen LogP contribution in [-0.4, -0.2) is 18.0 Å².